The first-order valence-corrected chi connectivity index (χ1v) is 11.6. The predicted molar refractivity (Wildman–Crippen MR) is 133 cm³/mol. The highest BCUT2D eigenvalue weighted by atomic mass is 16.5. The molecule has 3 aromatic carbocycles. The highest BCUT2D eigenvalue weighted by Gasteiger charge is 2.14. The molecule has 4 nitrogen and oxygen atoms in total. The van der Waals surface area contributed by atoms with Gasteiger partial charge in [-0.15, -0.1) is 0 Å². The van der Waals surface area contributed by atoms with Gasteiger partial charge in [-0.25, -0.2) is 0 Å². The molecule has 3 N–H and O–H groups in total. The van der Waals surface area contributed by atoms with Gasteiger partial charge in [-0.3, -0.25) is 0 Å². The molecule has 0 spiro atoms. The third-order valence-corrected chi connectivity index (χ3v) is 5.65. The molecule has 0 atom stereocenters. The standard InChI is InChI=1S/C28H32N2O2/c1-2-3-19-31-22-14-12-21(13-15-22)28-25(11-7-8-18-29)26-20-24(16-17-27(26)30-28)32-23-9-5-4-6-10-23/h4-6,9-10,12-17,20,30H,2-3,7-8,11,18-19,29H2,1H3. The molecule has 166 valence electrons. The second-order valence-corrected chi connectivity index (χ2v) is 8.07. The van der Waals surface area contributed by atoms with Crippen LogP contribution in [0.4, 0.5) is 0 Å². The van der Waals surface area contributed by atoms with E-state index < -0.39 is 0 Å². The third-order valence-electron chi connectivity index (χ3n) is 5.65. The van der Waals surface area contributed by atoms with Crippen molar-refractivity contribution < 1.29 is 9.47 Å². The van der Waals surface area contributed by atoms with Crippen LogP contribution >= 0.6 is 0 Å². The van der Waals surface area contributed by atoms with Crippen LogP contribution in [0.15, 0.2) is 72.8 Å². The van der Waals surface area contributed by atoms with Crippen LogP contribution < -0.4 is 15.2 Å². The van der Waals surface area contributed by atoms with Crippen molar-refractivity contribution in [1.82, 2.24) is 4.98 Å². The molecule has 4 heteroatoms. The van der Waals surface area contributed by atoms with Crippen LogP contribution in [0.25, 0.3) is 22.2 Å². The van der Waals surface area contributed by atoms with E-state index in [4.69, 9.17) is 15.2 Å². The summed E-state index contributed by atoms with van der Waals surface area (Å²) in [5.74, 6) is 2.60. The van der Waals surface area contributed by atoms with Gasteiger partial charge in [0.2, 0.25) is 0 Å². The number of aromatic amines is 1. The van der Waals surface area contributed by atoms with E-state index in [9.17, 15) is 0 Å². The minimum absolute atomic E-state index is 0.712. The lowest BCUT2D eigenvalue weighted by Crippen LogP contribution is -1.99. The normalized spacial score (nSPS) is 11.1. The number of aromatic nitrogens is 1. The van der Waals surface area contributed by atoms with E-state index in [1.807, 2.05) is 36.4 Å². The second-order valence-electron chi connectivity index (χ2n) is 8.07. The molecule has 0 saturated heterocycles. The molecule has 0 amide bonds. The lowest BCUT2D eigenvalue weighted by Gasteiger charge is -2.09. The number of H-pyrrole nitrogens is 1. The molecule has 1 aromatic heterocycles. The molecule has 4 aromatic rings. The Hall–Kier alpha value is -3.24. The van der Waals surface area contributed by atoms with Crippen LogP contribution in [0.2, 0.25) is 0 Å². The van der Waals surface area contributed by atoms with Gasteiger partial charge >= 0.3 is 0 Å². The maximum atomic E-state index is 6.09. The molecule has 0 bridgehead atoms. The predicted octanol–water partition coefficient (Wildman–Crippen LogP) is 7.09. The molecule has 4 rings (SSSR count). The molecule has 0 aliphatic carbocycles. The fraction of sp³-hybridized carbons (Fsp3) is 0.286. The summed E-state index contributed by atoms with van der Waals surface area (Å²) in [7, 11) is 0. The zero-order valence-electron chi connectivity index (χ0n) is 18.8. The average Bonchev–Trinajstić information content (AvgIpc) is 3.18. The number of nitrogens with two attached hydrogens (primary N) is 1. The van der Waals surface area contributed by atoms with Crippen molar-refractivity contribution in [3.05, 3.63) is 78.4 Å². The third kappa shape index (κ3) is 5.32. The summed E-state index contributed by atoms with van der Waals surface area (Å²) in [6, 6.07) is 24.6. The average molecular weight is 429 g/mol. The van der Waals surface area contributed by atoms with Gasteiger partial charge in [-0.2, -0.15) is 0 Å². The van der Waals surface area contributed by atoms with E-state index in [0.29, 0.717) is 6.54 Å². The molecular weight excluding hydrogens is 396 g/mol. The van der Waals surface area contributed by atoms with E-state index >= 15 is 0 Å². The SMILES string of the molecule is CCCCOc1ccc(-c2[nH]c3ccc(Oc4ccccc4)cc3c2CCCCN)cc1. The van der Waals surface area contributed by atoms with E-state index in [2.05, 4.69) is 48.3 Å². The summed E-state index contributed by atoms with van der Waals surface area (Å²) < 4.78 is 11.9. The quantitative estimate of drug-likeness (QED) is 0.251. The minimum atomic E-state index is 0.712. The van der Waals surface area contributed by atoms with Gasteiger partial charge in [0.05, 0.1) is 6.61 Å². The highest BCUT2D eigenvalue weighted by Crippen LogP contribution is 2.35. The maximum absolute atomic E-state index is 6.09. The lowest BCUT2D eigenvalue weighted by atomic mass is 10.00. The Kier molecular flexibility index (Phi) is 7.47. The fourth-order valence-corrected chi connectivity index (χ4v) is 3.92. The van der Waals surface area contributed by atoms with Crippen molar-refractivity contribution in [2.45, 2.75) is 39.0 Å². The topological polar surface area (TPSA) is 60.3 Å². The number of aryl methyl sites for hydroxylation is 1. The first-order valence-electron chi connectivity index (χ1n) is 11.6. The van der Waals surface area contributed by atoms with Crippen LogP contribution in [-0.2, 0) is 6.42 Å². The number of para-hydroxylation sites is 1. The minimum Gasteiger partial charge on any atom is -0.494 e. The Bertz CT molecular complexity index is 1120. The van der Waals surface area contributed by atoms with E-state index in [1.54, 1.807) is 0 Å². The Labute approximate surface area is 190 Å². The molecule has 0 aliphatic rings. The fourth-order valence-electron chi connectivity index (χ4n) is 3.92. The van der Waals surface area contributed by atoms with Crippen molar-refractivity contribution in [3.63, 3.8) is 0 Å². The van der Waals surface area contributed by atoms with Crippen LogP contribution in [0.1, 0.15) is 38.2 Å². The Morgan fingerprint density at radius 2 is 1.59 bits per heavy atom. The number of benzene rings is 3. The van der Waals surface area contributed by atoms with Crippen LogP contribution in [0.5, 0.6) is 17.2 Å². The van der Waals surface area contributed by atoms with E-state index in [0.717, 1.165) is 72.7 Å². The molecule has 0 aliphatic heterocycles. The van der Waals surface area contributed by atoms with Gasteiger partial charge in [0.1, 0.15) is 17.2 Å². The zero-order valence-corrected chi connectivity index (χ0v) is 18.8. The summed E-state index contributed by atoms with van der Waals surface area (Å²) in [4.78, 5) is 3.64. The molecule has 0 unspecified atom stereocenters. The second kappa shape index (κ2) is 10.9. The van der Waals surface area contributed by atoms with Crippen molar-refractivity contribution >= 4 is 10.9 Å². The van der Waals surface area contributed by atoms with Gasteiger partial charge < -0.3 is 20.2 Å². The molecule has 1 heterocycles. The van der Waals surface area contributed by atoms with Crippen molar-refractivity contribution in [2.75, 3.05) is 13.2 Å². The number of fused-ring (bicyclic) bond motifs is 1. The monoisotopic (exact) mass is 428 g/mol. The number of hydrogen-bond donors (Lipinski definition) is 2. The summed E-state index contributed by atoms with van der Waals surface area (Å²) in [6.45, 7) is 3.64. The highest BCUT2D eigenvalue weighted by molar-refractivity contribution is 5.92. The number of unbranched alkanes of at least 4 members (excludes halogenated alkanes) is 2. The number of rotatable bonds is 11. The Morgan fingerprint density at radius 3 is 2.34 bits per heavy atom. The lowest BCUT2D eigenvalue weighted by molar-refractivity contribution is 0.309. The smallest absolute Gasteiger partial charge is 0.128 e. The summed E-state index contributed by atoms with van der Waals surface area (Å²) >= 11 is 0. The zero-order chi connectivity index (χ0) is 22.2. The van der Waals surface area contributed by atoms with E-state index in [1.165, 1.54) is 10.9 Å². The Balaban J connectivity index is 1.65. The number of nitrogens with one attached hydrogen (secondary N) is 1. The summed E-state index contributed by atoms with van der Waals surface area (Å²) in [5.41, 5.74) is 10.5. The molecule has 0 fully saturated rings. The summed E-state index contributed by atoms with van der Waals surface area (Å²) in [5, 5.41) is 1.20. The van der Waals surface area contributed by atoms with Crippen molar-refractivity contribution in [3.8, 4) is 28.5 Å². The first kappa shape index (κ1) is 22.0. The van der Waals surface area contributed by atoms with Gasteiger partial charge in [0.25, 0.3) is 0 Å². The maximum Gasteiger partial charge on any atom is 0.128 e. The Morgan fingerprint density at radius 1 is 0.812 bits per heavy atom. The van der Waals surface area contributed by atoms with Gasteiger partial charge in [-0.1, -0.05) is 31.5 Å². The molecule has 0 radical (unpaired) electrons. The van der Waals surface area contributed by atoms with Crippen molar-refractivity contribution in [1.29, 1.82) is 0 Å². The van der Waals surface area contributed by atoms with E-state index in [-0.39, 0.29) is 0 Å². The summed E-state index contributed by atoms with van der Waals surface area (Å²) in [6.07, 6.45) is 5.24. The first-order chi connectivity index (χ1) is 15.8. The largest absolute Gasteiger partial charge is 0.494 e. The van der Waals surface area contributed by atoms with Gasteiger partial charge in [0, 0.05) is 16.6 Å². The van der Waals surface area contributed by atoms with Crippen LogP contribution in [0, 0.1) is 0 Å². The van der Waals surface area contributed by atoms with Crippen LogP contribution in [-0.4, -0.2) is 18.1 Å². The molecule has 32 heavy (non-hydrogen) atoms. The van der Waals surface area contributed by atoms with Gasteiger partial charge in [-0.05, 0) is 98.0 Å². The molecular formula is C28H32N2O2. The van der Waals surface area contributed by atoms with Crippen molar-refractivity contribution in [2.24, 2.45) is 5.73 Å². The number of ether oxygens (including phenoxy) is 2. The number of hydrogen-bond acceptors (Lipinski definition) is 3. The van der Waals surface area contributed by atoms with Crippen LogP contribution in [0.3, 0.4) is 0 Å². The molecule has 0 saturated carbocycles. The van der Waals surface area contributed by atoms with Gasteiger partial charge in [0.15, 0.2) is 0 Å².